The first-order chi connectivity index (χ1) is 4.30. The van der Waals surface area contributed by atoms with Crippen molar-refractivity contribution in [2.24, 2.45) is 5.92 Å². The Kier molecular flexibility index (Phi) is 2.15. The summed E-state index contributed by atoms with van der Waals surface area (Å²) >= 11 is 0. The third-order valence-corrected chi connectivity index (χ3v) is 2.08. The average Bonchev–Trinajstić information content (AvgIpc) is 1.90. The second kappa shape index (κ2) is 2.90. The number of rotatable bonds is 1. The van der Waals surface area contributed by atoms with Gasteiger partial charge >= 0.3 is 5.78 Å². The molecule has 0 amide bonds. The third kappa shape index (κ3) is 1.74. The number of hydrogen-bond donors (Lipinski definition) is 0. The highest BCUT2D eigenvalue weighted by Crippen LogP contribution is 2.23. The Hall–Kier alpha value is -0.460. The smallest absolute Gasteiger partial charge is 0.240 e. The minimum atomic E-state index is 0.398. The summed E-state index contributed by atoms with van der Waals surface area (Å²) in [6.45, 7) is 3.53. The summed E-state index contributed by atoms with van der Waals surface area (Å²) in [5.74, 6) is 0.813. The summed E-state index contributed by atoms with van der Waals surface area (Å²) in [5.41, 5.74) is 0. The standard InChI is InChI=1S/C8H13O/c1-7(9)8-5-3-2-4-6-8/h8H,1-6H2/q+1/p+1. The molecule has 1 N–H and O–H groups in total. The maximum atomic E-state index is 8.98. The van der Waals surface area contributed by atoms with Crippen LogP contribution in [0.15, 0.2) is 0 Å². The molecule has 1 heteroatoms. The zero-order chi connectivity index (χ0) is 6.69. The van der Waals surface area contributed by atoms with Gasteiger partial charge in [0.15, 0.2) is 6.92 Å². The molecule has 0 aromatic heterocycles. The van der Waals surface area contributed by atoms with E-state index in [1.54, 1.807) is 0 Å². The Morgan fingerprint density at radius 1 is 1.22 bits per heavy atom. The Bertz CT molecular complexity index is 101. The van der Waals surface area contributed by atoms with Crippen molar-refractivity contribution in [2.75, 3.05) is 0 Å². The monoisotopic (exact) mass is 126 g/mol. The van der Waals surface area contributed by atoms with Crippen LogP contribution in [0, 0.1) is 12.8 Å². The van der Waals surface area contributed by atoms with E-state index in [4.69, 9.17) is 4.79 Å². The minimum Gasteiger partial charge on any atom is -0.240 e. The highest BCUT2D eigenvalue weighted by atomic mass is 16.1. The van der Waals surface area contributed by atoms with Crippen LogP contribution in [0.4, 0.5) is 0 Å². The second-order valence-electron chi connectivity index (χ2n) is 2.83. The summed E-state index contributed by atoms with van der Waals surface area (Å²) in [5, 5.41) is 0. The van der Waals surface area contributed by atoms with Crippen LogP contribution in [0.1, 0.15) is 32.1 Å². The van der Waals surface area contributed by atoms with Gasteiger partial charge in [0.25, 0.3) is 0 Å². The fourth-order valence-electron chi connectivity index (χ4n) is 1.44. The Morgan fingerprint density at radius 2 is 1.78 bits per heavy atom. The molecule has 1 aliphatic carbocycles. The SMILES string of the molecule is [CH2+]C(=[OH+])C1CCCCC1. The molecule has 0 bridgehead atoms. The predicted octanol–water partition coefficient (Wildman–Crippen LogP) is 1.95. The minimum absolute atomic E-state index is 0.398. The third-order valence-electron chi connectivity index (χ3n) is 2.08. The van der Waals surface area contributed by atoms with Gasteiger partial charge in [-0.2, -0.15) is 0 Å². The number of hydrogen-bond acceptors (Lipinski definition) is 0. The molecular weight excluding hydrogens is 112 g/mol. The number of ketones is 1. The molecule has 1 saturated carbocycles. The molecule has 1 rings (SSSR count). The first-order valence-corrected chi connectivity index (χ1v) is 3.68. The summed E-state index contributed by atoms with van der Waals surface area (Å²) in [4.78, 5) is 8.98. The Labute approximate surface area is 56.4 Å². The van der Waals surface area contributed by atoms with Gasteiger partial charge in [-0.15, -0.1) is 0 Å². The van der Waals surface area contributed by atoms with E-state index in [1.807, 2.05) is 0 Å². The van der Waals surface area contributed by atoms with Crippen molar-refractivity contribution in [2.45, 2.75) is 32.1 Å². The maximum Gasteiger partial charge on any atom is 0.465 e. The lowest BCUT2D eigenvalue weighted by Crippen LogP contribution is -2.14. The van der Waals surface area contributed by atoms with Crippen LogP contribution in [-0.4, -0.2) is 10.6 Å². The van der Waals surface area contributed by atoms with Crippen molar-refractivity contribution in [1.82, 2.24) is 0 Å². The van der Waals surface area contributed by atoms with E-state index >= 15 is 0 Å². The van der Waals surface area contributed by atoms with Gasteiger partial charge in [-0.3, -0.25) is 0 Å². The van der Waals surface area contributed by atoms with Gasteiger partial charge < -0.3 is 0 Å². The Balaban J connectivity index is 2.31. The van der Waals surface area contributed by atoms with Crippen LogP contribution in [0.3, 0.4) is 0 Å². The molecule has 0 unspecified atom stereocenters. The molecule has 1 nitrogen and oxygen atoms in total. The van der Waals surface area contributed by atoms with Crippen molar-refractivity contribution in [3.05, 3.63) is 6.92 Å². The van der Waals surface area contributed by atoms with Crippen molar-refractivity contribution in [1.29, 1.82) is 0 Å². The second-order valence-corrected chi connectivity index (χ2v) is 2.83. The van der Waals surface area contributed by atoms with Crippen LogP contribution in [0.2, 0.25) is 0 Å². The molecule has 0 spiro atoms. The molecule has 0 aromatic carbocycles. The van der Waals surface area contributed by atoms with Crippen LogP contribution in [0.25, 0.3) is 0 Å². The van der Waals surface area contributed by atoms with Gasteiger partial charge in [0.1, 0.15) is 5.92 Å². The van der Waals surface area contributed by atoms with Crippen LogP contribution < -0.4 is 0 Å². The summed E-state index contributed by atoms with van der Waals surface area (Å²) < 4.78 is 0. The fourth-order valence-corrected chi connectivity index (χ4v) is 1.44. The molecule has 0 radical (unpaired) electrons. The zero-order valence-corrected chi connectivity index (χ0v) is 5.77. The number of carbonyl (C=O) groups excluding carboxylic acids is 1. The first kappa shape index (κ1) is 6.66. The van der Waals surface area contributed by atoms with Gasteiger partial charge in [-0.25, -0.2) is 4.79 Å². The van der Waals surface area contributed by atoms with Gasteiger partial charge in [0.05, 0.1) is 0 Å². The largest absolute Gasteiger partial charge is 0.465 e. The fraction of sp³-hybridized carbons (Fsp3) is 0.750. The van der Waals surface area contributed by atoms with Crippen LogP contribution >= 0.6 is 0 Å². The zero-order valence-electron chi connectivity index (χ0n) is 5.77. The Morgan fingerprint density at radius 3 is 2.11 bits per heavy atom. The highest BCUT2D eigenvalue weighted by molar-refractivity contribution is 5.85. The maximum absolute atomic E-state index is 8.98. The van der Waals surface area contributed by atoms with Gasteiger partial charge in [-0.05, 0) is 12.8 Å². The topological polar surface area (TPSA) is 21.4 Å². The van der Waals surface area contributed by atoms with Gasteiger partial charge in [-0.1, -0.05) is 19.3 Å². The van der Waals surface area contributed by atoms with E-state index < -0.39 is 0 Å². The summed E-state index contributed by atoms with van der Waals surface area (Å²) in [7, 11) is 0. The molecule has 50 valence electrons. The van der Waals surface area contributed by atoms with Crippen molar-refractivity contribution in [3.63, 3.8) is 0 Å². The van der Waals surface area contributed by atoms with E-state index in [0.717, 1.165) is 12.8 Å². The first-order valence-electron chi connectivity index (χ1n) is 3.68. The summed E-state index contributed by atoms with van der Waals surface area (Å²) in [6, 6.07) is 0. The lowest BCUT2D eigenvalue weighted by Gasteiger charge is -2.12. The van der Waals surface area contributed by atoms with Gasteiger partial charge in [0.2, 0.25) is 0 Å². The molecule has 0 aromatic rings. The quantitative estimate of drug-likeness (QED) is 0.378. The normalized spacial score (nSPS) is 21.8. The molecule has 9 heavy (non-hydrogen) atoms. The summed E-state index contributed by atoms with van der Waals surface area (Å²) in [6.07, 6.45) is 6.17. The lowest BCUT2D eigenvalue weighted by molar-refractivity contribution is 0.421. The van der Waals surface area contributed by atoms with E-state index in [1.165, 1.54) is 19.3 Å². The molecule has 0 saturated heterocycles. The van der Waals surface area contributed by atoms with E-state index in [-0.39, 0.29) is 0 Å². The van der Waals surface area contributed by atoms with Crippen LogP contribution in [-0.2, 0) is 0 Å². The highest BCUT2D eigenvalue weighted by Gasteiger charge is 2.27. The molecule has 1 fully saturated rings. The van der Waals surface area contributed by atoms with Crippen molar-refractivity contribution in [3.8, 4) is 0 Å². The van der Waals surface area contributed by atoms with E-state index in [9.17, 15) is 0 Å². The van der Waals surface area contributed by atoms with Gasteiger partial charge in [0, 0.05) is 0 Å². The molecule has 0 heterocycles. The molecule has 1 aliphatic rings. The molecule has 0 aliphatic heterocycles. The average molecular weight is 126 g/mol. The van der Waals surface area contributed by atoms with E-state index in [0.29, 0.717) is 11.7 Å². The lowest BCUT2D eigenvalue weighted by atomic mass is 9.87. The van der Waals surface area contributed by atoms with E-state index in [2.05, 4.69) is 6.92 Å². The molecule has 0 atom stereocenters. The van der Waals surface area contributed by atoms with Crippen molar-refractivity contribution < 1.29 is 4.79 Å². The molecular formula is C8H14O+2. The van der Waals surface area contributed by atoms with Crippen molar-refractivity contribution >= 4 is 5.78 Å². The van der Waals surface area contributed by atoms with Crippen LogP contribution in [0.5, 0.6) is 0 Å². The predicted molar refractivity (Wildman–Crippen MR) is 38.9 cm³/mol.